The SMILES string of the molecule is CCCN(C)c1nc(N)c(C(=O)NCC2(SC)CCC2)s1. The number of nitrogens with two attached hydrogens (primary N) is 1. The molecule has 1 amide bonds. The maximum atomic E-state index is 12.3. The summed E-state index contributed by atoms with van der Waals surface area (Å²) in [7, 11) is 1.97. The lowest BCUT2D eigenvalue weighted by atomic mass is 9.84. The van der Waals surface area contributed by atoms with E-state index < -0.39 is 0 Å². The summed E-state index contributed by atoms with van der Waals surface area (Å²) in [4.78, 5) is 19.2. The molecule has 0 aromatic carbocycles. The average Bonchev–Trinajstić information content (AvgIpc) is 2.80. The van der Waals surface area contributed by atoms with Crippen LogP contribution in [-0.4, -0.2) is 42.0 Å². The van der Waals surface area contributed by atoms with E-state index >= 15 is 0 Å². The molecule has 1 aromatic rings. The largest absolute Gasteiger partial charge is 0.382 e. The van der Waals surface area contributed by atoms with Crippen LogP contribution in [0, 0.1) is 0 Å². The number of nitrogens with zero attached hydrogens (tertiary/aromatic N) is 2. The number of hydrogen-bond acceptors (Lipinski definition) is 6. The molecule has 0 radical (unpaired) electrons. The van der Waals surface area contributed by atoms with Crippen LogP contribution in [-0.2, 0) is 0 Å². The summed E-state index contributed by atoms with van der Waals surface area (Å²) in [6.45, 7) is 3.73. The Morgan fingerprint density at radius 2 is 2.29 bits per heavy atom. The number of aromatic nitrogens is 1. The normalized spacial score (nSPS) is 16.3. The lowest BCUT2D eigenvalue weighted by Gasteiger charge is -2.40. The van der Waals surface area contributed by atoms with Gasteiger partial charge in [-0.1, -0.05) is 24.7 Å². The smallest absolute Gasteiger partial charge is 0.265 e. The van der Waals surface area contributed by atoms with Crippen LogP contribution in [0.25, 0.3) is 0 Å². The number of nitrogens with one attached hydrogen (secondary N) is 1. The van der Waals surface area contributed by atoms with E-state index in [0.29, 0.717) is 17.2 Å². The number of thiazole rings is 1. The third kappa shape index (κ3) is 3.63. The van der Waals surface area contributed by atoms with Gasteiger partial charge in [-0.15, -0.1) is 0 Å². The Morgan fingerprint density at radius 3 is 2.81 bits per heavy atom. The first-order valence-electron chi connectivity index (χ1n) is 7.32. The minimum Gasteiger partial charge on any atom is -0.382 e. The molecule has 0 atom stereocenters. The number of carbonyl (C=O) groups is 1. The number of rotatable bonds is 7. The first-order valence-corrected chi connectivity index (χ1v) is 9.36. The van der Waals surface area contributed by atoms with Crippen molar-refractivity contribution in [3.05, 3.63) is 4.88 Å². The monoisotopic (exact) mass is 328 g/mol. The van der Waals surface area contributed by atoms with Crippen molar-refractivity contribution >= 4 is 40.0 Å². The van der Waals surface area contributed by atoms with Gasteiger partial charge in [0.05, 0.1) is 0 Å². The van der Waals surface area contributed by atoms with E-state index in [-0.39, 0.29) is 10.7 Å². The predicted octanol–water partition coefficient (Wildman–Crippen LogP) is 2.59. The molecule has 0 spiro atoms. The maximum absolute atomic E-state index is 12.3. The molecule has 0 saturated heterocycles. The van der Waals surface area contributed by atoms with Gasteiger partial charge < -0.3 is 16.0 Å². The zero-order valence-corrected chi connectivity index (χ0v) is 14.6. The number of hydrogen-bond donors (Lipinski definition) is 2. The molecule has 0 bridgehead atoms. The fraction of sp³-hybridized carbons (Fsp3) is 0.714. The van der Waals surface area contributed by atoms with Crippen molar-refractivity contribution in [2.75, 3.05) is 37.0 Å². The predicted molar refractivity (Wildman–Crippen MR) is 92.5 cm³/mol. The van der Waals surface area contributed by atoms with Crippen molar-refractivity contribution in [3.63, 3.8) is 0 Å². The molecule has 7 heteroatoms. The Kier molecular flexibility index (Phi) is 5.37. The Hall–Kier alpha value is -0.950. The Morgan fingerprint density at radius 1 is 1.57 bits per heavy atom. The topological polar surface area (TPSA) is 71.2 Å². The summed E-state index contributed by atoms with van der Waals surface area (Å²) >= 11 is 3.22. The highest BCUT2D eigenvalue weighted by Crippen LogP contribution is 2.42. The number of carbonyl (C=O) groups excluding carboxylic acids is 1. The number of anilines is 2. The van der Waals surface area contributed by atoms with E-state index in [0.717, 1.165) is 18.1 Å². The molecule has 1 heterocycles. The van der Waals surface area contributed by atoms with Gasteiger partial charge in [0.2, 0.25) is 0 Å². The lowest BCUT2D eigenvalue weighted by Crippen LogP contribution is -2.45. The molecule has 1 aliphatic rings. The fourth-order valence-corrected chi connectivity index (χ4v) is 4.23. The van der Waals surface area contributed by atoms with Crippen molar-refractivity contribution < 1.29 is 4.79 Å². The molecule has 3 N–H and O–H groups in total. The van der Waals surface area contributed by atoms with Crippen molar-refractivity contribution in [2.24, 2.45) is 0 Å². The van der Waals surface area contributed by atoms with Crippen LogP contribution >= 0.6 is 23.1 Å². The second-order valence-electron chi connectivity index (χ2n) is 5.56. The second kappa shape index (κ2) is 6.87. The number of nitrogen functional groups attached to an aromatic ring is 1. The average molecular weight is 329 g/mol. The highest BCUT2D eigenvalue weighted by molar-refractivity contribution is 8.00. The van der Waals surface area contributed by atoms with Crippen LogP contribution in [0.15, 0.2) is 0 Å². The first kappa shape index (κ1) is 16.4. The van der Waals surface area contributed by atoms with Crippen LogP contribution in [0.1, 0.15) is 42.3 Å². The van der Waals surface area contributed by atoms with Gasteiger partial charge in [0.1, 0.15) is 10.7 Å². The van der Waals surface area contributed by atoms with Crippen molar-refractivity contribution in [1.29, 1.82) is 0 Å². The number of thioether (sulfide) groups is 1. The van der Waals surface area contributed by atoms with E-state index in [4.69, 9.17) is 5.73 Å². The van der Waals surface area contributed by atoms with Gasteiger partial charge >= 0.3 is 0 Å². The van der Waals surface area contributed by atoms with Gasteiger partial charge in [0.15, 0.2) is 5.13 Å². The molecule has 118 valence electrons. The minimum atomic E-state index is -0.0959. The zero-order chi connectivity index (χ0) is 15.5. The fourth-order valence-electron chi connectivity index (χ4n) is 2.42. The quantitative estimate of drug-likeness (QED) is 0.805. The summed E-state index contributed by atoms with van der Waals surface area (Å²) in [6, 6.07) is 0. The molecular weight excluding hydrogens is 304 g/mol. The van der Waals surface area contributed by atoms with Gasteiger partial charge in [-0.25, -0.2) is 4.98 Å². The summed E-state index contributed by atoms with van der Waals surface area (Å²) in [5.41, 5.74) is 5.90. The third-order valence-electron chi connectivity index (χ3n) is 4.00. The molecular formula is C14H24N4OS2. The minimum absolute atomic E-state index is 0.0959. The van der Waals surface area contributed by atoms with Crippen LogP contribution in [0.5, 0.6) is 0 Å². The summed E-state index contributed by atoms with van der Waals surface area (Å²) < 4.78 is 0.233. The molecule has 1 fully saturated rings. The Bertz CT molecular complexity index is 494. The highest BCUT2D eigenvalue weighted by atomic mass is 32.2. The van der Waals surface area contributed by atoms with Crippen LogP contribution in [0.2, 0.25) is 0 Å². The molecule has 1 aromatic heterocycles. The van der Waals surface area contributed by atoms with Gasteiger partial charge in [0, 0.05) is 24.9 Å². The molecule has 0 aliphatic heterocycles. The summed E-state index contributed by atoms with van der Waals surface area (Å²) in [5, 5.41) is 3.84. The zero-order valence-electron chi connectivity index (χ0n) is 12.9. The van der Waals surface area contributed by atoms with E-state index in [1.807, 2.05) is 23.7 Å². The van der Waals surface area contributed by atoms with Crippen molar-refractivity contribution in [3.8, 4) is 0 Å². The summed E-state index contributed by atoms with van der Waals surface area (Å²) in [6.07, 6.45) is 6.76. The molecule has 0 unspecified atom stereocenters. The van der Waals surface area contributed by atoms with E-state index in [2.05, 4.69) is 23.5 Å². The van der Waals surface area contributed by atoms with Crippen LogP contribution < -0.4 is 16.0 Å². The van der Waals surface area contributed by atoms with Gasteiger partial charge in [-0.05, 0) is 25.5 Å². The molecule has 21 heavy (non-hydrogen) atoms. The van der Waals surface area contributed by atoms with Gasteiger partial charge in [0.25, 0.3) is 5.91 Å². The third-order valence-corrected chi connectivity index (χ3v) is 6.61. The first-order chi connectivity index (χ1) is 10.0. The molecule has 2 rings (SSSR count). The standard InChI is InChI=1S/C14H24N4OS2/c1-4-8-18(2)13-17-11(15)10(21-13)12(19)16-9-14(20-3)6-5-7-14/h4-9,15H2,1-3H3,(H,16,19). The van der Waals surface area contributed by atoms with Crippen LogP contribution in [0.3, 0.4) is 0 Å². The van der Waals surface area contributed by atoms with Gasteiger partial charge in [-0.2, -0.15) is 11.8 Å². The molecule has 5 nitrogen and oxygen atoms in total. The van der Waals surface area contributed by atoms with E-state index in [1.54, 1.807) is 0 Å². The molecule has 1 saturated carbocycles. The van der Waals surface area contributed by atoms with E-state index in [9.17, 15) is 4.79 Å². The maximum Gasteiger partial charge on any atom is 0.265 e. The van der Waals surface area contributed by atoms with E-state index in [1.165, 1.54) is 30.6 Å². The van der Waals surface area contributed by atoms with Crippen molar-refractivity contribution in [2.45, 2.75) is 37.4 Å². The second-order valence-corrected chi connectivity index (χ2v) is 7.81. The Labute approximate surface area is 134 Å². The lowest BCUT2D eigenvalue weighted by molar-refractivity contribution is 0.0948. The Balaban J connectivity index is 1.99. The summed E-state index contributed by atoms with van der Waals surface area (Å²) in [5.74, 6) is 0.240. The van der Waals surface area contributed by atoms with Gasteiger partial charge in [-0.3, -0.25) is 4.79 Å². The number of amides is 1. The van der Waals surface area contributed by atoms with Crippen molar-refractivity contribution in [1.82, 2.24) is 10.3 Å². The molecule has 1 aliphatic carbocycles. The van der Waals surface area contributed by atoms with Crippen LogP contribution in [0.4, 0.5) is 10.9 Å². The highest BCUT2D eigenvalue weighted by Gasteiger charge is 2.36.